The van der Waals surface area contributed by atoms with Gasteiger partial charge in [0, 0.05) is 32.2 Å². The Bertz CT molecular complexity index is 524. The van der Waals surface area contributed by atoms with E-state index in [0.717, 1.165) is 37.3 Å². The molecular formula is C20H32N4. The van der Waals surface area contributed by atoms with Crippen LogP contribution in [-0.2, 0) is 6.42 Å². The molecule has 0 bridgehead atoms. The van der Waals surface area contributed by atoms with E-state index < -0.39 is 0 Å². The van der Waals surface area contributed by atoms with Crippen LogP contribution in [0.25, 0.3) is 0 Å². The highest BCUT2D eigenvalue weighted by atomic mass is 15.2. The van der Waals surface area contributed by atoms with E-state index in [0.29, 0.717) is 6.04 Å². The summed E-state index contributed by atoms with van der Waals surface area (Å²) < 4.78 is 0. The van der Waals surface area contributed by atoms with Gasteiger partial charge in [-0.2, -0.15) is 0 Å². The minimum Gasteiger partial charge on any atom is -0.356 e. The Morgan fingerprint density at radius 3 is 2.75 bits per heavy atom. The van der Waals surface area contributed by atoms with E-state index >= 15 is 0 Å². The normalized spacial score (nSPS) is 23.2. The van der Waals surface area contributed by atoms with Crippen molar-refractivity contribution in [3.63, 3.8) is 0 Å². The molecule has 24 heavy (non-hydrogen) atoms. The first-order valence-corrected chi connectivity index (χ1v) is 9.49. The molecule has 0 amide bonds. The number of benzene rings is 1. The van der Waals surface area contributed by atoms with Gasteiger partial charge in [-0.1, -0.05) is 30.3 Å². The third kappa shape index (κ3) is 5.23. The fourth-order valence-electron chi connectivity index (χ4n) is 3.57. The van der Waals surface area contributed by atoms with Crippen LogP contribution in [0.5, 0.6) is 0 Å². The molecule has 2 aliphatic rings. The molecule has 1 aromatic carbocycles. The Hall–Kier alpha value is -1.55. The highest BCUT2D eigenvalue weighted by Crippen LogP contribution is 2.31. The van der Waals surface area contributed by atoms with Gasteiger partial charge in [-0.3, -0.25) is 4.99 Å². The van der Waals surface area contributed by atoms with Crippen LogP contribution in [0, 0.1) is 5.92 Å². The Labute approximate surface area is 146 Å². The van der Waals surface area contributed by atoms with Crippen LogP contribution in [0.15, 0.2) is 35.3 Å². The van der Waals surface area contributed by atoms with Crippen LogP contribution in [0.4, 0.5) is 0 Å². The van der Waals surface area contributed by atoms with Gasteiger partial charge in [0.2, 0.25) is 0 Å². The highest BCUT2D eigenvalue weighted by molar-refractivity contribution is 5.79. The number of likely N-dealkylation sites (tertiary alicyclic amines) is 1. The molecular weight excluding hydrogens is 296 g/mol. The van der Waals surface area contributed by atoms with Gasteiger partial charge < -0.3 is 15.5 Å². The van der Waals surface area contributed by atoms with Crippen molar-refractivity contribution < 1.29 is 0 Å². The monoisotopic (exact) mass is 328 g/mol. The van der Waals surface area contributed by atoms with Gasteiger partial charge in [0.05, 0.1) is 0 Å². The van der Waals surface area contributed by atoms with Crippen molar-refractivity contribution in [1.82, 2.24) is 15.5 Å². The SMILES string of the molecule is CN=C(NCC1CCN(C2CC2)C1)NC(C)CCc1ccccc1. The first-order chi connectivity index (χ1) is 11.7. The van der Waals surface area contributed by atoms with E-state index in [9.17, 15) is 0 Å². The molecule has 132 valence electrons. The first kappa shape index (κ1) is 17.3. The van der Waals surface area contributed by atoms with Gasteiger partial charge in [0.15, 0.2) is 5.96 Å². The van der Waals surface area contributed by atoms with Crippen molar-refractivity contribution in [3.8, 4) is 0 Å². The molecule has 1 aliphatic carbocycles. The standard InChI is InChI=1S/C20H32N4/c1-16(8-9-17-6-4-3-5-7-17)23-20(21-2)22-14-18-12-13-24(15-18)19-10-11-19/h3-7,16,18-19H,8-15H2,1-2H3,(H2,21,22,23). The third-order valence-electron chi connectivity index (χ3n) is 5.25. The Kier molecular flexibility index (Phi) is 6.13. The van der Waals surface area contributed by atoms with Crippen molar-refractivity contribution in [2.45, 2.75) is 51.1 Å². The van der Waals surface area contributed by atoms with Crippen LogP contribution in [0.2, 0.25) is 0 Å². The number of nitrogens with one attached hydrogen (secondary N) is 2. The van der Waals surface area contributed by atoms with Crippen molar-refractivity contribution in [3.05, 3.63) is 35.9 Å². The zero-order valence-corrected chi connectivity index (χ0v) is 15.2. The lowest BCUT2D eigenvalue weighted by Gasteiger charge is -2.20. The van der Waals surface area contributed by atoms with E-state index in [-0.39, 0.29) is 0 Å². The summed E-state index contributed by atoms with van der Waals surface area (Å²) >= 11 is 0. The summed E-state index contributed by atoms with van der Waals surface area (Å²) in [6.45, 7) is 5.82. The number of nitrogens with zero attached hydrogens (tertiary/aromatic N) is 2. The zero-order valence-electron chi connectivity index (χ0n) is 15.2. The number of aliphatic imine (C=N–C) groups is 1. The topological polar surface area (TPSA) is 39.7 Å². The van der Waals surface area contributed by atoms with Crippen LogP contribution in [0.3, 0.4) is 0 Å². The molecule has 1 aliphatic heterocycles. The Morgan fingerprint density at radius 1 is 1.25 bits per heavy atom. The van der Waals surface area contributed by atoms with Gasteiger partial charge in [-0.25, -0.2) is 0 Å². The summed E-state index contributed by atoms with van der Waals surface area (Å²) in [7, 11) is 1.87. The van der Waals surface area contributed by atoms with E-state index in [1.807, 2.05) is 7.05 Å². The summed E-state index contributed by atoms with van der Waals surface area (Å²) in [4.78, 5) is 7.06. The smallest absolute Gasteiger partial charge is 0.191 e. The molecule has 0 radical (unpaired) electrons. The molecule has 1 saturated carbocycles. The lowest BCUT2D eigenvalue weighted by molar-refractivity contribution is 0.314. The van der Waals surface area contributed by atoms with Gasteiger partial charge in [0.25, 0.3) is 0 Å². The van der Waals surface area contributed by atoms with Crippen molar-refractivity contribution in [2.24, 2.45) is 10.9 Å². The molecule has 2 atom stereocenters. The highest BCUT2D eigenvalue weighted by Gasteiger charge is 2.34. The maximum atomic E-state index is 4.39. The summed E-state index contributed by atoms with van der Waals surface area (Å²) in [6.07, 6.45) is 6.38. The molecule has 3 rings (SSSR count). The van der Waals surface area contributed by atoms with Gasteiger partial charge >= 0.3 is 0 Å². The minimum atomic E-state index is 0.419. The average molecular weight is 329 g/mol. The van der Waals surface area contributed by atoms with Gasteiger partial charge in [-0.05, 0) is 57.1 Å². The molecule has 4 heteroatoms. The number of aryl methyl sites for hydroxylation is 1. The Balaban J connectivity index is 1.35. The molecule has 1 saturated heterocycles. The number of hydrogen-bond donors (Lipinski definition) is 2. The second-order valence-corrected chi connectivity index (χ2v) is 7.40. The molecule has 2 fully saturated rings. The number of guanidine groups is 1. The molecule has 4 nitrogen and oxygen atoms in total. The molecule has 0 spiro atoms. The summed E-state index contributed by atoms with van der Waals surface area (Å²) in [5.41, 5.74) is 1.40. The predicted octanol–water partition coefficient (Wildman–Crippen LogP) is 2.66. The van der Waals surface area contributed by atoms with Crippen LogP contribution in [0.1, 0.15) is 38.2 Å². The van der Waals surface area contributed by atoms with Crippen LogP contribution >= 0.6 is 0 Å². The molecule has 0 aromatic heterocycles. The van der Waals surface area contributed by atoms with Gasteiger partial charge in [-0.15, -0.1) is 0 Å². The number of hydrogen-bond acceptors (Lipinski definition) is 2. The Morgan fingerprint density at radius 2 is 2.04 bits per heavy atom. The molecule has 2 unspecified atom stereocenters. The second kappa shape index (κ2) is 8.52. The summed E-state index contributed by atoms with van der Waals surface area (Å²) in [5, 5.41) is 7.07. The minimum absolute atomic E-state index is 0.419. The first-order valence-electron chi connectivity index (χ1n) is 9.49. The maximum Gasteiger partial charge on any atom is 0.191 e. The second-order valence-electron chi connectivity index (χ2n) is 7.40. The van der Waals surface area contributed by atoms with Crippen molar-refractivity contribution in [2.75, 3.05) is 26.7 Å². The third-order valence-corrected chi connectivity index (χ3v) is 5.25. The molecule has 2 N–H and O–H groups in total. The van der Waals surface area contributed by atoms with Crippen molar-refractivity contribution in [1.29, 1.82) is 0 Å². The lowest BCUT2D eigenvalue weighted by atomic mass is 10.1. The van der Waals surface area contributed by atoms with E-state index in [1.54, 1.807) is 0 Å². The average Bonchev–Trinajstić information content (AvgIpc) is 3.36. The predicted molar refractivity (Wildman–Crippen MR) is 101 cm³/mol. The largest absolute Gasteiger partial charge is 0.356 e. The van der Waals surface area contributed by atoms with E-state index in [1.165, 1.54) is 37.9 Å². The summed E-state index contributed by atoms with van der Waals surface area (Å²) in [6, 6.07) is 12.0. The summed E-state index contributed by atoms with van der Waals surface area (Å²) in [5.74, 6) is 1.71. The quantitative estimate of drug-likeness (QED) is 0.597. The van der Waals surface area contributed by atoms with Crippen molar-refractivity contribution >= 4 is 5.96 Å². The molecule has 1 aromatic rings. The fourth-order valence-corrected chi connectivity index (χ4v) is 3.57. The van der Waals surface area contributed by atoms with E-state index in [2.05, 4.69) is 57.8 Å². The lowest BCUT2D eigenvalue weighted by Crippen LogP contribution is -2.44. The van der Waals surface area contributed by atoms with E-state index in [4.69, 9.17) is 0 Å². The van der Waals surface area contributed by atoms with Gasteiger partial charge in [0.1, 0.15) is 0 Å². The fraction of sp³-hybridized carbons (Fsp3) is 0.650. The number of rotatable bonds is 7. The molecule has 1 heterocycles. The van der Waals surface area contributed by atoms with Crippen LogP contribution < -0.4 is 10.6 Å². The zero-order chi connectivity index (χ0) is 16.8. The van der Waals surface area contributed by atoms with Crippen LogP contribution in [-0.4, -0.2) is 49.6 Å². The maximum absolute atomic E-state index is 4.39.